The first-order valence-corrected chi connectivity index (χ1v) is 7.01. The Hall–Kier alpha value is -0.200. The highest BCUT2D eigenvalue weighted by Crippen LogP contribution is 2.20. The van der Waals surface area contributed by atoms with E-state index >= 15 is 0 Å². The lowest BCUT2D eigenvalue weighted by atomic mass is 9.88. The molecule has 116 valence electrons. The lowest BCUT2D eigenvalue weighted by molar-refractivity contribution is -0.0314. The molecule has 0 amide bonds. The first kappa shape index (κ1) is 18.8. The van der Waals surface area contributed by atoms with Crippen LogP contribution >= 0.6 is 0 Å². The molecule has 2 atom stereocenters. The van der Waals surface area contributed by atoms with E-state index in [9.17, 15) is 5.11 Å². The van der Waals surface area contributed by atoms with Crippen LogP contribution in [0, 0.1) is 5.41 Å². The molecule has 0 bridgehead atoms. The fraction of sp³-hybridized carbons (Fsp3) is 1.00. The zero-order valence-corrected chi connectivity index (χ0v) is 12.8. The third-order valence-corrected chi connectivity index (χ3v) is 2.97. The molecule has 0 aliphatic heterocycles. The number of hydrogen-bond donors (Lipinski definition) is 3. The monoisotopic (exact) mass is 277 g/mol. The first-order chi connectivity index (χ1) is 8.91. The second-order valence-corrected chi connectivity index (χ2v) is 5.88. The predicted molar refractivity (Wildman–Crippen MR) is 76.3 cm³/mol. The summed E-state index contributed by atoms with van der Waals surface area (Å²) in [7, 11) is 1.63. The summed E-state index contributed by atoms with van der Waals surface area (Å²) in [4.78, 5) is 0. The van der Waals surface area contributed by atoms with Gasteiger partial charge in [0.05, 0.1) is 25.4 Å². The molecular formula is C14H31NO4. The van der Waals surface area contributed by atoms with Gasteiger partial charge in [0.15, 0.2) is 0 Å². The Balaban J connectivity index is 3.64. The van der Waals surface area contributed by atoms with Gasteiger partial charge < -0.3 is 25.0 Å². The van der Waals surface area contributed by atoms with Crippen molar-refractivity contribution in [1.82, 2.24) is 5.32 Å². The van der Waals surface area contributed by atoms with Crippen LogP contribution < -0.4 is 5.32 Å². The molecule has 5 nitrogen and oxygen atoms in total. The van der Waals surface area contributed by atoms with Gasteiger partial charge in [0, 0.05) is 26.8 Å². The maximum absolute atomic E-state index is 9.77. The summed E-state index contributed by atoms with van der Waals surface area (Å²) in [6.45, 7) is 8.64. The van der Waals surface area contributed by atoms with Gasteiger partial charge >= 0.3 is 0 Å². The second kappa shape index (κ2) is 10.6. The Morgan fingerprint density at radius 1 is 1.26 bits per heavy atom. The van der Waals surface area contributed by atoms with Crippen molar-refractivity contribution < 1.29 is 19.7 Å². The van der Waals surface area contributed by atoms with Crippen LogP contribution in [-0.4, -0.2) is 62.4 Å². The Morgan fingerprint density at radius 3 is 2.53 bits per heavy atom. The molecule has 0 aliphatic rings. The normalized spacial score (nSPS) is 15.5. The maximum Gasteiger partial charge on any atom is 0.0897 e. The van der Waals surface area contributed by atoms with E-state index in [1.807, 2.05) is 6.92 Å². The summed E-state index contributed by atoms with van der Waals surface area (Å²) in [6, 6.07) is 0. The van der Waals surface area contributed by atoms with Gasteiger partial charge in [-0.3, -0.25) is 0 Å². The Labute approximate surface area is 117 Å². The van der Waals surface area contributed by atoms with Gasteiger partial charge in [0.1, 0.15) is 0 Å². The molecule has 3 N–H and O–H groups in total. The molecule has 0 saturated carbocycles. The first-order valence-electron chi connectivity index (χ1n) is 7.01. The molecule has 0 aromatic heterocycles. The van der Waals surface area contributed by atoms with Crippen LogP contribution in [0.2, 0.25) is 0 Å². The molecule has 0 radical (unpaired) electrons. The zero-order chi connectivity index (χ0) is 14.7. The van der Waals surface area contributed by atoms with E-state index in [2.05, 4.69) is 19.2 Å². The highest BCUT2D eigenvalue weighted by Gasteiger charge is 2.17. The van der Waals surface area contributed by atoms with Crippen molar-refractivity contribution in [3.8, 4) is 0 Å². The summed E-state index contributed by atoms with van der Waals surface area (Å²) >= 11 is 0. The Morgan fingerprint density at radius 2 is 1.95 bits per heavy atom. The van der Waals surface area contributed by atoms with Gasteiger partial charge in [-0.2, -0.15) is 0 Å². The van der Waals surface area contributed by atoms with Gasteiger partial charge in [-0.25, -0.2) is 0 Å². The third-order valence-electron chi connectivity index (χ3n) is 2.97. The Bertz CT molecular complexity index is 212. The SMILES string of the molecule is COCC(C)OCC(O)CNCC(C)(C)CCCO. The van der Waals surface area contributed by atoms with Crippen LogP contribution in [0.25, 0.3) is 0 Å². The number of nitrogens with one attached hydrogen (secondary N) is 1. The smallest absolute Gasteiger partial charge is 0.0897 e. The van der Waals surface area contributed by atoms with Crippen LogP contribution in [0.4, 0.5) is 0 Å². The highest BCUT2D eigenvalue weighted by atomic mass is 16.5. The van der Waals surface area contributed by atoms with Crippen LogP contribution in [0.5, 0.6) is 0 Å². The van der Waals surface area contributed by atoms with Crippen LogP contribution in [0.3, 0.4) is 0 Å². The fourth-order valence-electron chi connectivity index (χ4n) is 1.84. The van der Waals surface area contributed by atoms with E-state index in [1.54, 1.807) is 7.11 Å². The minimum atomic E-state index is -0.507. The van der Waals surface area contributed by atoms with Gasteiger partial charge in [-0.1, -0.05) is 13.8 Å². The van der Waals surface area contributed by atoms with Gasteiger partial charge in [-0.15, -0.1) is 0 Å². The van der Waals surface area contributed by atoms with Crippen LogP contribution in [-0.2, 0) is 9.47 Å². The summed E-state index contributed by atoms with van der Waals surface area (Å²) in [6.07, 6.45) is 1.27. The van der Waals surface area contributed by atoms with Gasteiger partial charge in [-0.05, 0) is 25.2 Å². The number of ether oxygens (including phenoxy) is 2. The van der Waals surface area contributed by atoms with E-state index in [1.165, 1.54) is 0 Å². The van der Waals surface area contributed by atoms with E-state index in [-0.39, 0.29) is 18.1 Å². The van der Waals surface area contributed by atoms with Crippen molar-refractivity contribution >= 4 is 0 Å². The number of rotatable bonds is 12. The van der Waals surface area contributed by atoms with E-state index in [0.717, 1.165) is 19.4 Å². The minimum Gasteiger partial charge on any atom is -0.396 e. The van der Waals surface area contributed by atoms with Crippen molar-refractivity contribution in [2.24, 2.45) is 5.41 Å². The molecular weight excluding hydrogens is 246 g/mol. The molecule has 0 spiro atoms. The third kappa shape index (κ3) is 11.3. The molecule has 5 heteroatoms. The van der Waals surface area contributed by atoms with E-state index < -0.39 is 6.10 Å². The molecule has 0 aromatic carbocycles. The van der Waals surface area contributed by atoms with E-state index in [0.29, 0.717) is 19.8 Å². The largest absolute Gasteiger partial charge is 0.396 e. The lowest BCUT2D eigenvalue weighted by Gasteiger charge is -2.25. The summed E-state index contributed by atoms with van der Waals surface area (Å²) < 4.78 is 10.4. The predicted octanol–water partition coefficient (Wildman–Crippen LogP) is 0.787. The highest BCUT2D eigenvalue weighted by molar-refractivity contribution is 4.72. The summed E-state index contributed by atoms with van der Waals surface area (Å²) in [5, 5.41) is 21.8. The average molecular weight is 277 g/mol. The number of aliphatic hydroxyl groups is 2. The zero-order valence-electron chi connectivity index (χ0n) is 12.8. The summed E-state index contributed by atoms with van der Waals surface area (Å²) in [5.74, 6) is 0. The fourth-order valence-corrected chi connectivity index (χ4v) is 1.84. The molecule has 0 aliphatic carbocycles. The van der Waals surface area contributed by atoms with Crippen molar-refractivity contribution in [2.75, 3.05) is 40.0 Å². The minimum absolute atomic E-state index is 0.000597. The second-order valence-electron chi connectivity index (χ2n) is 5.88. The Kier molecular flexibility index (Phi) is 10.5. The van der Waals surface area contributed by atoms with Crippen molar-refractivity contribution in [3.05, 3.63) is 0 Å². The standard InChI is InChI=1S/C14H31NO4/c1-12(9-18-4)19-10-13(17)8-15-11-14(2,3)6-5-7-16/h12-13,15-17H,5-11H2,1-4H3. The molecule has 19 heavy (non-hydrogen) atoms. The summed E-state index contributed by atoms with van der Waals surface area (Å²) in [5.41, 5.74) is 0.132. The van der Waals surface area contributed by atoms with Crippen molar-refractivity contribution in [3.63, 3.8) is 0 Å². The lowest BCUT2D eigenvalue weighted by Crippen LogP contribution is -2.37. The molecule has 0 fully saturated rings. The molecule has 2 unspecified atom stereocenters. The number of methoxy groups -OCH3 is 1. The van der Waals surface area contributed by atoms with E-state index in [4.69, 9.17) is 14.6 Å². The average Bonchev–Trinajstić information content (AvgIpc) is 2.34. The van der Waals surface area contributed by atoms with Crippen LogP contribution in [0.1, 0.15) is 33.6 Å². The molecule has 0 saturated heterocycles. The van der Waals surface area contributed by atoms with Gasteiger partial charge in [0.25, 0.3) is 0 Å². The quantitative estimate of drug-likeness (QED) is 0.492. The maximum atomic E-state index is 9.77. The van der Waals surface area contributed by atoms with Crippen molar-refractivity contribution in [2.45, 2.75) is 45.8 Å². The topological polar surface area (TPSA) is 71.0 Å². The molecule has 0 heterocycles. The number of hydrogen-bond acceptors (Lipinski definition) is 5. The number of aliphatic hydroxyl groups excluding tert-OH is 2. The van der Waals surface area contributed by atoms with Crippen molar-refractivity contribution in [1.29, 1.82) is 0 Å². The molecule has 0 rings (SSSR count). The molecule has 0 aromatic rings. The van der Waals surface area contributed by atoms with Gasteiger partial charge in [0.2, 0.25) is 0 Å². The van der Waals surface area contributed by atoms with Crippen LogP contribution in [0.15, 0.2) is 0 Å².